The predicted octanol–water partition coefficient (Wildman–Crippen LogP) is 3.21. The SMILES string of the molecule is Cc1nc(C)n(C[C@@H]2CCCN2Cc2coc(-c3ccccc3)n2)n1. The van der Waals surface area contributed by atoms with E-state index in [9.17, 15) is 0 Å². The summed E-state index contributed by atoms with van der Waals surface area (Å²) in [7, 11) is 0. The zero-order valence-corrected chi connectivity index (χ0v) is 14.7. The van der Waals surface area contributed by atoms with Crippen molar-refractivity contribution in [1.82, 2.24) is 24.6 Å². The summed E-state index contributed by atoms with van der Waals surface area (Å²) in [4.78, 5) is 11.5. The van der Waals surface area contributed by atoms with Gasteiger partial charge in [0.25, 0.3) is 0 Å². The van der Waals surface area contributed by atoms with Crippen LogP contribution in [0.5, 0.6) is 0 Å². The van der Waals surface area contributed by atoms with Gasteiger partial charge in [-0.1, -0.05) is 18.2 Å². The number of nitrogens with zero attached hydrogens (tertiary/aromatic N) is 5. The quantitative estimate of drug-likeness (QED) is 0.715. The number of hydrogen-bond acceptors (Lipinski definition) is 5. The maximum absolute atomic E-state index is 5.67. The molecule has 6 heteroatoms. The summed E-state index contributed by atoms with van der Waals surface area (Å²) in [5.41, 5.74) is 2.00. The minimum atomic E-state index is 0.469. The predicted molar refractivity (Wildman–Crippen MR) is 94.9 cm³/mol. The Labute approximate surface area is 147 Å². The van der Waals surface area contributed by atoms with Gasteiger partial charge < -0.3 is 4.42 Å². The van der Waals surface area contributed by atoms with E-state index in [-0.39, 0.29) is 0 Å². The number of rotatable bonds is 5. The third-order valence-corrected chi connectivity index (χ3v) is 4.78. The van der Waals surface area contributed by atoms with Crippen LogP contribution >= 0.6 is 0 Å². The standard InChI is InChI=1S/C19H23N5O/c1-14-20-15(2)24(22-14)12-18-9-6-10-23(18)11-17-13-25-19(21-17)16-7-4-3-5-8-16/h3-5,7-8,13,18H,6,9-12H2,1-2H3/t18-/m0/s1. The van der Waals surface area contributed by atoms with Gasteiger partial charge in [0.15, 0.2) is 0 Å². The summed E-state index contributed by atoms with van der Waals surface area (Å²) >= 11 is 0. The zero-order chi connectivity index (χ0) is 17.2. The molecule has 0 spiro atoms. The molecule has 130 valence electrons. The maximum atomic E-state index is 5.67. The van der Waals surface area contributed by atoms with E-state index in [0.717, 1.165) is 42.5 Å². The van der Waals surface area contributed by atoms with Gasteiger partial charge >= 0.3 is 0 Å². The Morgan fingerprint density at radius 3 is 2.76 bits per heavy atom. The molecule has 1 aromatic carbocycles. The first-order valence-corrected chi connectivity index (χ1v) is 8.81. The van der Waals surface area contributed by atoms with E-state index in [1.165, 1.54) is 12.8 Å². The van der Waals surface area contributed by atoms with Crippen molar-refractivity contribution in [3.8, 4) is 11.5 Å². The van der Waals surface area contributed by atoms with E-state index < -0.39 is 0 Å². The summed E-state index contributed by atoms with van der Waals surface area (Å²) in [6.07, 6.45) is 4.17. The smallest absolute Gasteiger partial charge is 0.226 e. The third kappa shape index (κ3) is 3.49. The van der Waals surface area contributed by atoms with E-state index in [2.05, 4.69) is 20.0 Å². The Kier molecular flexibility index (Phi) is 4.36. The Balaban J connectivity index is 1.45. The lowest BCUT2D eigenvalue weighted by Gasteiger charge is -2.23. The molecule has 1 saturated heterocycles. The lowest BCUT2D eigenvalue weighted by molar-refractivity contribution is 0.215. The molecule has 0 amide bonds. The minimum absolute atomic E-state index is 0.469. The van der Waals surface area contributed by atoms with Crippen LogP contribution < -0.4 is 0 Å². The van der Waals surface area contributed by atoms with Crippen molar-refractivity contribution >= 4 is 0 Å². The van der Waals surface area contributed by atoms with Gasteiger partial charge in [-0.15, -0.1) is 0 Å². The monoisotopic (exact) mass is 337 g/mol. The Hall–Kier alpha value is -2.47. The van der Waals surface area contributed by atoms with E-state index in [1.54, 1.807) is 6.26 Å². The minimum Gasteiger partial charge on any atom is -0.444 e. The molecule has 3 aromatic rings. The van der Waals surface area contributed by atoms with Crippen LogP contribution in [0.3, 0.4) is 0 Å². The Morgan fingerprint density at radius 1 is 1.16 bits per heavy atom. The number of hydrogen-bond donors (Lipinski definition) is 0. The van der Waals surface area contributed by atoms with Gasteiger partial charge in [-0.3, -0.25) is 4.90 Å². The highest BCUT2D eigenvalue weighted by Gasteiger charge is 2.26. The van der Waals surface area contributed by atoms with Crippen molar-refractivity contribution in [2.24, 2.45) is 0 Å². The largest absolute Gasteiger partial charge is 0.444 e. The molecule has 1 aliphatic heterocycles. The van der Waals surface area contributed by atoms with Gasteiger partial charge in [0, 0.05) is 18.2 Å². The second-order valence-electron chi connectivity index (χ2n) is 6.66. The summed E-state index contributed by atoms with van der Waals surface area (Å²) in [5, 5.41) is 4.50. The molecule has 1 atom stereocenters. The van der Waals surface area contributed by atoms with Crippen molar-refractivity contribution in [3.05, 3.63) is 53.9 Å². The summed E-state index contributed by atoms with van der Waals surface area (Å²) in [5.74, 6) is 2.51. The molecule has 25 heavy (non-hydrogen) atoms. The van der Waals surface area contributed by atoms with Crippen LogP contribution in [-0.2, 0) is 13.1 Å². The molecule has 3 heterocycles. The van der Waals surface area contributed by atoms with Gasteiger partial charge in [0.2, 0.25) is 5.89 Å². The van der Waals surface area contributed by atoms with E-state index in [0.29, 0.717) is 11.9 Å². The number of likely N-dealkylation sites (tertiary alicyclic amines) is 1. The number of benzene rings is 1. The van der Waals surface area contributed by atoms with Gasteiger partial charge in [-0.2, -0.15) is 5.10 Å². The van der Waals surface area contributed by atoms with Gasteiger partial charge in [-0.25, -0.2) is 14.6 Å². The van der Waals surface area contributed by atoms with Gasteiger partial charge in [0.05, 0.1) is 12.2 Å². The summed E-state index contributed by atoms with van der Waals surface area (Å²) < 4.78 is 7.70. The van der Waals surface area contributed by atoms with Gasteiger partial charge in [-0.05, 0) is 45.4 Å². The lowest BCUT2D eigenvalue weighted by atomic mass is 10.2. The van der Waals surface area contributed by atoms with E-state index >= 15 is 0 Å². The summed E-state index contributed by atoms with van der Waals surface area (Å²) in [6, 6.07) is 10.5. The molecular weight excluding hydrogens is 314 g/mol. The van der Waals surface area contributed by atoms with Crippen LogP contribution in [0.15, 0.2) is 41.0 Å². The number of aryl methyl sites for hydroxylation is 2. The average Bonchev–Trinajstić information content (AvgIpc) is 3.32. The molecule has 6 nitrogen and oxygen atoms in total. The highest BCUT2D eigenvalue weighted by molar-refractivity contribution is 5.52. The average molecular weight is 337 g/mol. The molecule has 0 radical (unpaired) electrons. The van der Waals surface area contributed by atoms with Crippen LogP contribution in [0.25, 0.3) is 11.5 Å². The van der Waals surface area contributed by atoms with Crippen LogP contribution in [0, 0.1) is 13.8 Å². The van der Waals surface area contributed by atoms with E-state index in [1.807, 2.05) is 48.9 Å². The Morgan fingerprint density at radius 2 is 2.00 bits per heavy atom. The van der Waals surface area contributed by atoms with Crippen molar-refractivity contribution < 1.29 is 4.42 Å². The van der Waals surface area contributed by atoms with Crippen molar-refractivity contribution in [2.75, 3.05) is 6.54 Å². The number of aromatic nitrogens is 4. The molecule has 4 rings (SSSR count). The molecule has 1 fully saturated rings. The molecular formula is C19H23N5O. The van der Waals surface area contributed by atoms with E-state index in [4.69, 9.17) is 4.42 Å². The first kappa shape index (κ1) is 16.0. The molecule has 1 aliphatic rings. The molecule has 0 bridgehead atoms. The molecule has 0 saturated carbocycles. The first-order valence-electron chi connectivity index (χ1n) is 8.81. The fourth-order valence-electron chi connectivity index (χ4n) is 3.54. The molecule has 0 unspecified atom stereocenters. The second kappa shape index (κ2) is 6.80. The highest BCUT2D eigenvalue weighted by atomic mass is 16.3. The van der Waals surface area contributed by atoms with Crippen molar-refractivity contribution in [3.63, 3.8) is 0 Å². The fourth-order valence-corrected chi connectivity index (χ4v) is 3.54. The van der Waals surface area contributed by atoms with Gasteiger partial charge in [0.1, 0.15) is 17.9 Å². The molecule has 2 aromatic heterocycles. The maximum Gasteiger partial charge on any atom is 0.226 e. The summed E-state index contributed by atoms with van der Waals surface area (Å²) in [6.45, 7) is 6.74. The second-order valence-corrected chi connectivity index (χ2v) is 6.66. The third-order valence-electron chi connectivity index (χ3n) is 4.78. The zero-order valence-electron chi connectivity index (χ0n) is 14.7. The highest BCUT2D eigenvalue weighted by Crippen LogP contribution is 2.23. The van der Waals surface area contributed by atoms with Crippen LogP contribution in [0.1, 0.15) is 30.2 Å². The number of oxazole rings is 1. The first-order chi connectivity index (χ1) is 12.2. The van der Waals surface area contributed by atoms with Crippen LogP contribution in [-0.4, -0.2) is 37.2 Å². The Bertz CT molecular complexity index is 839. The van der Waals surface area contributed by atoms with Crippen LogP contribution in [0.4, 0.5) is 0 Å². The lowest BCUT2D eigenvalue weighted by Crippen LogP contribution is -2.33. The topological polar surface area (TPSA) is 60.0 Å². The fraction of sp³-hybridized carbons (Fsp3) is 0.421. The molecule has 0 N–H and O–H groups in total. The normalized spacial score (nSPS) is 18.1. The van der Waals surface area contributed by atoms with Crippen molar-refractivity contribution in [2.45, 2.75) is 45.8 Å². The van der Waals surface area contributed by atoms with Crippen LogP contribution in [0.2, 0.25) is 0 Å². The molecule has 0 aliphatic carbocycles. The van der Waals surface area contributed by atoms with Crippen molar-refractivity contribution in [1.29, 1.82) is 0 Å².